The lowest BCUT2D eigenvalue weighted by atomic mass is 10.0. The Bertz CT molecular complexity index is 2050. The molecule has 0 saturated carbocycles. The molecule has 3 N–H and O–H groups in total. The molecule has 0 rings (SSSR count). The molecule has 0 aliphatic heterocycles. The van der Waals surface area contributed by atoms with Crippen LogP contribution in [0.15, 0.2) is 48.6 Å². The van der Waals surface area contributed by atoms with E-state index in [1.807, 2.05) is 0 Å². The number of hydrogen-bond donors (Lipinski definition) is 3. The van der Waals surface area contributed by atoms with Crippen LogP contribution in [0.3, 0.4) is 0 Å². The van der Waals surface area contributed by atoms with Gasteiger partial charge in [0.1, 0.15) is 19.3 Å². The number of hydrogen-bond acceptors (Lipinski definition) is 15. The Morgan fingerprint density at radius 2 is 0.500 bits per heavy atom. The summed E-state index contributed by atoms with van der Waals surface area (Å²) in [6.45, 7) is 4.88. The van der Waals surface area contributed by atoms with Gasteiger partial charge in [-0.3, -0.25) is 37.3 Å². The maximum Gasteiger partial charge on any atom is 0.472 e. The number of aliphatic hydroxyl groups is 1. The largest absolute Gasteiger partial charge is 0.472 e. The fourth-order valence-corrected chi connectivity index (χ4v) is 12.7. The zero-order valence-electron chi connectivity index (χ0n) is 62.7. The number of unbranched alkanes of at least 4 members (excludes halogenated alkanes) is 42. The summed E-state index contributed by atoms with van der Waals surface area (Å²) in [4.78, 5) is 72.9. The van der Waals surface area contributed by atoms with Crippen LogP contribution in [0.2, 0.25) is 0 Å². The molecule has 5 atom stereocenters. The molecule has 0 amide bonds. The second kappa shape index (κ2) is 72.4. The van der Waals surface area contributed by atoms with Crippen molar-refractivity contribution in [2.24, 2.45) is 0 Å². The maximum absolute atomic E-state index is 13.1. The molecule has 0 aromatic rings. The van der Waals surface area contributed by atoms with E-state index in [0.717, 1.165) is 141 Å². The molecule has 5 unspecified atom stereocenters. The van der Waals surface area contributed by atoms with Crippen molar-refractivity contribution in [2.45, 2.75) is 393 Å². The molecule has 98 heavy (non-hydrogen) atoms. The summed E-state index contributed by atoms with van der Waals surface area (Å²) in [5.74, 6) is -2.16. The zero-order valence-corrected chi connectivity index (χ0v) is 64.5. The van der Waals surface area contributed by atoms with Gasteiger partial charge >= 0.3 is 39.5 Å². The lowest BCUT2D eigenvalue weighted by molar-refractivity contribution is -0.161. The van der Waals surface area contributed by atoms with Gasteiger partial charge in [-0.2, -0.15) is 0 Å². The third-order valence-corrected chi connectivity index (χ3v) is 19.2. The normalized spacial score (nSPS) is 14.2. The first kappa shape index (κ1) is 95.0. The number of esters is 4. The fraction of sp³-hybridized carbons (Fsp3) is 0.848. The first-order chi connectivity index (χ1) is 47.7. The van der Waals surface area contributed by atoms with E-state index in [1.165, 1.54) is 154 Å². The molecule has 0 spiro atoms. The van der Waals surface area contributed by atoms with Gasteiger partial charge in [0, 0.05) is 25.7 Å². The van der Waals surface area contributed by atoms with Crippen LogP contribution >= 0.6 is 15.6 Å². The van der Waals surface area contributed by atoms with Crippen molar-refractivity contribution in [3.05, 3.63) is 48.6 Å². The lowest BCUT2D eigenvalue weighted by Crippen LogP contribution is -2.30. The summed E-state index contributed by atoms with van der Waals surface area (Å²) in [5.41, 5.74) is 0. The SMILES string of the molecule is CCCCC/C=C\C/C=C\C/C=C\CCCCCCCCC(=O)OCC(COP(=O)(O)OCC(O)COP(=O)(O)OCC(COC(=O)CCCCCCCCCCCCCCCCC)OC(=O)CCCCCCCCCCCCC)OC(=O)CCCCCCC/C=C\CCCCCC. The second-order valence-corrected chi connectivity index (χ2v) is 29.9. The highest BCUT2D eigenvalue weighted by atomic mass is 31.2. The fourth-order valence-electron chi connectivity index (χ4n) is 11.2. The Morgan fingerprint density at radius 3 is 0.806 bits per heavy atom. The molecule has 17 nitrogen and oxygen atoms in total. The molecule has 0 aliphatic carbocycles. The minimum atomic E-state index is -4.97. The van der Waals surface area contributed by atoms with E-state index in [9.17, 15) is 43.2 Å². The molecular formula is C79H146O17P2. The number of carbonyl (C=O) groups is 4. The summed E-state index contributed by atoms with van der Waals surface area (Å²) < 4.78 is 68.5. The predicted molar refractivity (Wildman–Crippen MR) is 400 cm³/mol. The highest BCUT2D eigenvalue weighted by Crippen LogP contribution is 2.45. The molecule has 0 aromatic carbocycles. The monoisotopic (exact) mass is 1430 g/mol. The number of allylic oxidation sites excluding steroid dienone is 8. The highest BCUT2D eigenvalue weighted by Gasteiger charge is 2.30. The van der Waals surface area contributed by atoms with Crippen LogP contribution in [0.25, 0.3) is 0 Å². The topological polar surface area (TPSA) is 237 Å². The van der Waals surface area contributed by atoms with Crippen LogP contribution in [-0.2, 0) is 65.4 Å². The van der Waals surface area contributed by atoms with E-state index in [4.69, 9.17) is 37.0 Å². The van der Waals surface area contributed by atoms with Crippen LogP contribution in [0.5, 0.6) is 0 Å². The minimum absolute atomic E-state index is 0.0867. The Kier molecular flexibility index (Phi) is 70.2. The molecule has 0 radical (unpaired) electrons. The zero-order chi connectivity index (χ0) is 71.8. The molecular weight excluding hydrogens is 1280 g/mol. The number of ether oxygens (including phenoxy) is 4. The number of phosphoric ester groups is 2. The Labute approximate surface area is 597 Å². The van der Waals surface area contributed by atoms with Gasteiger partial charge < -0.3 is 33.8 Å². The van der Waals surface area contributed by atoms with Crippen LogP contribution in [0.4, 0.5) is 0 Å². The Balaban J connectivity index is 5.27. The van der Waals surface area contributed by atoms with Crippen molar-refractivity contribution in [1.29, 1.82) is 0 Å². The molecule has 0 aromatic heterocycles. The van der Waals surface area contributed by atoms with E-state index in [1.54, 1.807) is 0 Å². The van der Waals surface area contributed by atoms with E-state index in [2.05, 4.69) is 76.3 Å². The van der Waals surface area contributed by atoms with E-state index in [0.29, 0.717) is 25.7 Å². The van der Waals surface area contributed by atoms with Gasteiger partial charge in [-0.05, 0) is 89.9 Å². The molecule has 574 valence electrons. The van der Waals surface area contributed by atoms with E-state index in [-0.39, 0.29) is 25.7 Å². The summed E-state index contributed by atoms with van der Waals surface area (Å²) in [7, 11) is -9.93. The summed E-state index contributed by atoms with van der Waals surface area (Å²) in [5, 5.41) is 10.6. The van der Waals surface area contributed by atoms with Crippen LogP contribution in [0.1, 0.15) is 374 Å². The third kappa shape index (κ3) is 71.4. The van der Waals surface area contributed by atoms with Crippen molar-refractivity contribution >= 4 is 39.5 Å². The van der Waals surface area contributed by atoms with E-state index < -0.39 is 97.5 Å². The second-order valence-electron chi connectivity index (χ2n) is 27.0. The number of carbonyl (C=O) groups excluding carboxylic acids is 4. The highest BCUT2D eigenvalue weighted by molar-refractivity contribution is 7.47. The number of phosphoric acid groups is 2. The minimum Gasteiger partial charge on any atom is -0.462 e. The molecule has 0 heterocycles. The van der Waals surface area contributed by atoms with Crippen molar-refractivity contribution in [1.82, 2.24) is 0 Å². The van der Waals surface area contributed by atoms with Crippen molar-refractivity contribution in [2.75, 3.05) is 39.6 Å². The summed E-state index contributed by atoms with van der Waals surface area (Å²) in [6, 6.07) is 0. The molecule has 19 heteroatoms. The van der Waals surface area contributed by atoms with Gasteiger partial charge in [0.2, 0.25) is 0 Å². The predicted octanol–water partition coefficient (Wildman–Crippen LogP) is 22.9. The standard InChI is InChI=1S/C79H146O17P2/c1-5-9-13-17-21-25-29-32-34-35-36-37-39-42-45-48-52-56-60-64-77(82)90-70-75(96-79(84)66-62-58-54-50-46-40-31-27-23-19-15-11-7-3)72-94-98(87,88)92-68-73(80)67-91-97(85,86)93-71-74(95-78(83)65-61-57-53-49-43-28-24-20-16-12-8-4)69-89-76(81)63-59-55-51-47-44-41-38-33-30-26-22-18-14-10-6-2/h21,25,27,31-32,34,36-37,73-75,80H,5-20,22-24,26,28-30,33,35,38-72H2,1-4H3,(H,85,86)(H,87,88)/b25-21-,31-27-,34-32-,37-36-. The van der Waals surface area contributed by atoms with Gasteiger partial charge in [0.15, 0.2) is 12.2 Å². The quantitative estimate of drug-likeness (QED) is 0.0169. The number of rotatable bonds is 76. The number of aliphatic hydroxyl groups excluding tert-OH is 1. The van der Waals surface area contributed by atoms with Gasteiger partial charge in [-0.15, -0.1) is 0 Å². The molecule has 0 aliphatic rings. The van der Waals surface area contributed by atoms with Crippen molar-refractivity contribution < 1.29 is 80.2 Å². The average Bonchev–Trinajstić information content (AvgIpc) is 0.972. The maximum atomic E-state index is 13.1. The van der Waals surface area contributed by atoms with Gasteiger partial charge in [0.05, 0.1) is 26.4 Å². The lowest BCUT2D eigenvalue weighted by Gasteiger charge is -2.21. The smallest absolute Gasteiger partial charge is 0.462 e. The van der Waals surface area contributed by atoms with Gasteiger partial charge in [-0.25, -0.2) is 9.13 Å². The Hall–Kier alpha value is -2.98. The van der Waals surface area contributed by atoms with Crippen LogP contribution in [0, 0.1) is 0 Å². The van der Waals surface area contributed by atoms with Crippen LogP contribution < -0.4 is 0 Å². The van der Waals surface area contributed by atoms with Gasteiger partial charge in [0.25, 0.3) is 0 Å². The molecule has 0 saturated heterocycles. The van der Waals surface area contributed by atoms with Crippen LogP contribution in [-0.4, -0.2) is 96.7 Å². The first-order valence-corrected chi connectivity index (χ1v) is 42.9. The van der Waals surface area contributed by atoms with Gasteiger partial charge in [-0.1, -0.05) is 307 Å². The van der Waals surface area contributed by atoms with Crippen molar-refractivity contribution in [3.8, 4) is 0 Å². The van der Waals surface area contributed by atoms with Crippen molar-refractivity contribution in [3.63, 3.8) is 0 Å². The third-order valence-electron chi connectivity index (χ3n) is 17.3. The summed E-state index contributed by atoms with van der Waals surface area (Å²) >= 11 is 0. The van der Waals surface area contributed by atoms with E-state index >= 15 is 0 Å². The molecule has 0 bridgehead atoms. The Morgan fingerprint density at radius 1 is 0.286 bits per heavy atom. The molecule has 0 fully saturated rings. The summed E-state index contributed by atoms with van der Waals surface area (Å²) in [6.07, 6.45) is 69.5. The average molecular weight is 1430 g/mol. The first-order valence-electron chi connectivity index (χ1n) is 39.9.